The number of benzene rings is 2. The summed E-state index contributed by atoms with van der Waals surface area (Å²) in [7, 11) is 3.36. The van der Waals surface area contributed by atoms with Crippen molar-refractivity contribution in [2.75, 3.05) is 40.4 Å². The molecule has 1 atom stereocenters. The van der Waals surface area contributed by atoms with Crippen LogP contribution in [0.5, 0.6) is 11.5 Å². The van der Waals surface area contributed by atoms with Gasteiger partial charge in [-0.25, -0.2) is 0 Å². The molecule has 2 aromatic rings. The maximum Gasteiger partial charge on any atom is 0.161 e. The lowest BCUT2D eigenvalue weighted by Crippen LogP contribution is -2.45. The van der Waals surface area contributed by atoms with Gasteiger partial charge in [0, 0.05) is 30.7 Å². The van der Waals surface area contributed by atoms with Gasteiger partial charge >= 0.3 is 0 Å². The number of nitrogens with zero attached hydrogens (tertiary/aromatic N) is 1. The van der Waals surface area contributed by atoms with E-state index in [2.05, 4.69) is 64.3 Å². The molecule has 140 valence electrons. The number of aryl methyl sites for hydroxylation is 2. The molecule has 1 aliphatic heterocycles. The van der Waals surface area contributed by atoms with Crippen LogP contribution < -0.4 is 14.8 Å². The van der Waals surface area contributed by atoms with Crippen molar-refractivity contribution in [1.29, 1.82) is 0 Å². The van der Waals surface area contributed by atoms with E-state index in [0.717, 1.165) is 42.2 Å². The number of halogens is 1. The molecule has 1 fully saturated rings. The zero-order valence-corrected chi connectivity index (χ0v) is 17.5. The predicted molar refractivity (Wildman–Crippen MR) is 109 cm³/mol. The van der Waals surface area contributed by atoms with Crippen molar-refractivity contribution in [3.8, 4) is 11.5 Å². The van der Waals surface area contributed by atoms with Crippen molar-refractivity contribution >= 4 is 15.9 Å². The highest BCUT2D eigenvalue weighted by Gasteiger charge is 2.27. The molecule has 5 heteroatoms. The van der Waals surface area contributed by atoms with E-state index in [0.29, 0.717) is 0 Å². The van der Waals surface area contributed by atoms with Crippen LogP contribution in [0.2, 0.25) is 0 Å². The lowest BCUT2D eigenvalue weighted by molar-refractivity contribution is 0.197. The molecule has 0 aromatic heterocycles. The predicted octanol–water partition coefficient (Wildman–Crippen LogP) is 4.08. The fourth-order valence-corrected chi connectivity index (χ4v) is 4.31. The highest BCUT2D eigenvalue weighted by molar-refractivity contribution is 9.10. The van der Waals surface area contributed by atoms with Gasteiger partial charge in [-0.05, 0) is 37.1 Å². The summed E-state index contributed by atoms with van der Waals surface area (Å²) in [6.45, 7) is 8.36. The summed E-state index contributed by atoms with van der Waals surface area (Å²) >= 11 is 3.78. The summed E-state index contributed by atoms with van der Waals surface area (Å²) in [6, 6.07) is 11.1. The molecule has 1 N–H and O–H groups in total. The first-order chi connectivity index (χ1) is 12.5. The lowest BCUT2D eigenvalue weighted by Gasteiger charge is -2.36. The molecule has 0 saturated carbocycles. The van der Waals surface area contributed by atoms with Crippen LogP contribution >= 0.6 is 15.9 Å². The monoisotopic (exact) mass is 418 g/mol. The van der Waals surface area contributed by atoms with Crippen LogP contribution in [-0.4, -0.2) is 45.3 Å². The first-order valence-corrected chi connectivity index (χ1v) is 9.77. The zero-order chi connectivity index (χ0) is 18.7. The Morgan fingerprint density at radius 1 is 0.923 bits per heavy atom. The van der Waals surface area contributed by atoms with Gasteiger partial charge in [-0.3, -0.25) is 4.90 Å². The average Bonchev–Trinajstić information content (AvgIpc) is 2.63. The Labute approximate surface area is 164 Å². The molecule has 1 aliphatic rings. The van der Waals surface area contributed by atoms with Crippen molar-refractivity contribution in [2.45, 2.75) is 19.9 Å². The molecule has 26 heavy (non-hydrogen) atoms. The fraction of sp³-hybridized carbons (Fsp3) is 0.429. The average molecular weight is 419 g/mol. The normalized spacial score (nSPS) is 16.3. The minimum Gasteiger partial charge on any atom is -0.493 e. The Hall–Kier alpha value is -1.56. The largest absolute Gasteiger partial charge is 0.493 e. The van der Waals surface area contributed by atoms with Crippen LogP contribution in [-0.2, 0) is 0 Å². The number of methoxy groups -OCH3 is 2. The van der Waals surface area contributed by atoms with Crippen LogP contribution in [0.15, 0.2) is 34.8 Å². The van der Waals surface area contributed by atoms with E-state index < -0.39 is 0 Å². The maximum atomic E-state index is 5.58. The highest BCUT2D eigenvalue weighted by atomic mass is 79.9. The molecule has 0 amide bonds. The quantitative estimate of drug-likeness (QED) is 0.792. The Bertz CT molecular complexity index is 753. The smallest absolute Gasteiger partial charge is 0.161 e. The van der Waals surface area contributed by atoms with Crippen molar-refractivity contribution < 1.29 is 9.47 Å². The summed E-state index contributed by atoms with van der Waals surface area (Å²) < 4.78 is 12.1. The van der Waals surface area contributed by atoms with Crippen molar-refractivity contribution in [3.63, 3.8) is 0 Å². The molecular weight excluding hydrogens is 392 g/mol. The number of ether oxygens (including phenoxy) is 2. The second kappa shape index (κ2) is 8.42. The van der Waals surface area contributed by atoms with E-state index in [-0.39, 0.29) is 6.04 Å². The second-order valence-electron chi connectivity index (χ2n) is 6.84. The number of rotatable bonds is 5. The third-order valence-corrected chi connectivity index (χ3v) is 5.56. The SMILES string of the molecule is COc1cc(Br)c(C(c2cc(C)cc(C)c2)N2CCNCC2)cc1OC. The molecule has 0 spiro atoms. The van der Waals surface area contributed by atoms with Gasteiger partial charge in [0.25, 0.3) is 0 Å². The first-order valence-electron chi connectivity index (χ1n) is 8.98. The number of piperazine rings is 1. The summed E-state index contributed by atoms with van der Waals surface area (Å²) in [5.74, 6) is 1.50. The topological polar surface area (TPSA) is 33.7 Å². The zero-order valence-electron chi connectivity index (χ0n) is 15.9. The summed E-state index contributed by atoms with van der Waals surface area (Å²) in [6.07, 6.45) is 0. The molecule has 1 unspecified atom stereocenters. The molecule has 2 aromatic carbocycles. The third-order valence-electron chi connectivity index (χ3n) is 4.87. The van der Waals surface area contributed by atoms with Crippen LogP contribution in [0.1, 0.15) is 28.3 Å². The molecule has 1 heterocycles. The van der Waals surface area contributed by atoms with Crippen molar-refractivity contribution in [2.24, 2.45) is 0 Å². The second-order valence-corrected chi connectivity index (χ2v) is 7.69. The van der Waals surface area contributed by atoms with Crippen LogP contribution in [0, 0.1) is 13.8 Å². The molecule has 0 radical (unpaired) electrons. The minimum atomic E-state index is 0.171. The Kier molecular flexibility index (Phi) is 6.22. The van der Waals surface area contributed by atoms with Crippen LogP contribution in [0.25, 0.3) is 0 Å². The first kappa shape index (κ1) is 19.2. The fourth-order valence-electron chi connectivity index (χ4n) is 3.77. The number of nitrogens with one attached hydrogen (secondary N) is 1. The van der Waals surface area contributed by atoms with Gasteiger partial charge in [-0.2, -0.15) is 0 Å². The molecule has 0 bridgehead atoms. The Balaban J connectivity index is 2.14. The van der Waals surface area contributed by atoms with Crippen molar-refractivity contribution in [3.05, 3.63) is 57.1 Å². The molecule has 0 aliphatic carbocycles. The molecule has 3 rings (SSSR count). The minimum absolute atomic E-state index is 0.171. The van der Waals surface area contributed by atoms with Gasteiger partial charge < -0.3 is 14.8 Å². The standard InChI is InChI=1S/C21H27BrN2O2/c1-14-9-15(2)11-16(10-14)21(24-7-5-23-6-8-24)17-12-19(25-3)20(26-4)13-18(17)22/h9-13,21,23H,5-8H2,1-4H3. The molecular formula is C21H27BrN2O2. The Morgan fingerprint density at radius 3 is 2.08 bits per heavy atom. The van der Waals surface area contributed by atoms with Crippen LogP contribution in [0.3, 0.4) is 0 Å². The summed E-state index contributed by atoms with van der Waals surface area (Å²) in [4.78, 5) is 2.54. The van der Waals surface area contributed by atoms with E-state index in [1.54, 1.807) is 14.2 Å². The van der Waals surface area contributed by atoms with E-state index in [1.807, 2.05) is 6.07 Å². The highest BCUT2D eigenvalue weighted by Crippen LogP contribution is 2.40. The number of hydrogen-bond acceptors (Lipinski definition) is 4. The van der Waals surface area contributed by atoms with Gasteiger partial charge in [-0.15, -0.1) is 0 Å². The lowest BCUT2D eigenvalue weighted by atomic mass is 9.93. The van der Waals surface area contributed by atoms with Crippen LogP contribution in [0.4, 0.5) is 0 Å². The van der Waals surface area contributed by atoms with Gasteiger partial charge in [0.15, 0.2) is 11.5 Å². The Morgan fingerprint density at radius 2 is 1.50 bits per heavy atom. The molecule has 1 saturated heterocycles. The maximum absolute atomic E-state index is 5.58. The number of hydrogen-bond donors (Lipinski definition) is 1. The van der Waals surface area contributed by atoms with Gasteiger partial charge in [-0.1, -0.05) is 45.3 Å². The van der Waals surface area contributed by atoms with E-state index in [1.165, 1.54) is 22.3 Å². The summed E-state index contributed by atoms with van der Waals surface area (Å²) in [5.41, 5.74) is 5.10. The van der Waals surface area contributed by atoms with Gasteiger partial charge in [0.2, 0.25) is 0 Å². The summed E-state index contributed by atoms with van der Waals surface area (Å²) in [5, 5.41) is 3.45. The van der Waals surface area contributed by atoms with Gasteiger partial charge in [0.1, 0.15) is 0 Å². The van der Waals surface area contributed by atoms with E-state index in [9.17, 15) is 0 Å². The third kappa shape index (κ3) is 4.05. The van der Waals surface area contributed by atoms with Crippen molar-refractivity contribution in [1.82, 2.24) is 10.2 Å². The van der Waals surface area contributed by atoms with Gasteiger partial charge in [0.05, 0.1) is 20.3 Å². The van der Waals surface area contributed by atoms with E-state index >= 15 is 0 Å². The van der Waals surface area contributed by atoms with E-state index in [4.69, 9.17) is 9.47 Å². The molecule has 4 nitrogen and oxygen atoms in total.